The molecular formula is C47H86O5. The zero-order valence-electron chi connectivity index (χ0n) is 34.6. The van der Waals surface area contributed by atoms with E-state index in [1.807, 2.05) is 0 Å². The Morgan fingerprint density at radius 1 is 0.442 bits per heavy atom. The van der Waals surface area contributed by atoms with E-state index in [-0.39, 0.29) is 25.2 Å². The Hall–Kier alpha value is -1.88. The molecule has 304 valence electrons. The van der Waals surface area contributed by atoms with Crippen LogP contribution in [0.15, 0.2) is 36.5 Å². The van der Waals surface area contributed by atoms with Crippen LogP contribution in [-0.4, -0.2) is 36.4 Å². The third-order valence-corrected chi connectivity index (χ3v) is 9.94. The van der Waals surface area contributed by atoms with E-state index in [1.54, 1.807) is 0 Å². The minimum atomic E-state index is -0.778. The molecule has 1 atom stereocenters. The normalized spacial score (nSPS) is 12.4. The highest BCUT2D eigenvalue weighted by Crippen LogP contribution is 2.16. The molecule has 0 spiro atoms. The van der Waals surface area contributed by atoms with Gasteiger partial charge >= 0.3 is 11.9 Å². The van der Waals surface area contributed by atoms with Crippen molar-refractivity contribution in [3.63, 3.8) is 0 Å². The lowest BCUT2D eigenvalue weighted by Crippen LogP contribution is -2.28. The molecule has 0 aliphatic carbocycles. The van der Waals surface area contributed by atoms with E-state index in [0.717, 1.165) is 64.2 Å². The van der Waals surface area contributed by atoms with Crippen LogP contribution in [0.3, 0.4) is 0 Å². The molecule has 1 N–H and O–H groups in total. The number of esters is 2. The molecule has 5 heteroatoms. The highest BCUT2D eigenvalue weighted by Gasteiger charge is 2.16. The summed E-state index contributed by atoms with van der Waals surface area (Å²) in [5, 5.41) is 9.59. The maximum absolute atomic E-state index is 12.2. The van der Waals surface area contributed by atoms with Crippen LogP contribution in [0.4, 0.5) is 0 Å². The molecule has 5 nitrogen and oxygen atoms in total. The molecule has 0 heterocycles. The minimum Gasteiger partial charge on any atom is -0.462 e. The number of hydrogen-bond donors (Lipinski definition) is 1. The molecular weight excluding hydrogens is 645 g/mol. The summed E-state index contributed by atoms with van der Waals surface area (Å²) in [6.07, 6.45) is 53.6. The number of aliphatic hydroxyl groups is 1. The molecule has 0 fully saturated rings. The predicted octanol–water partition coefficient (Wildman–Crippen LogP) is 14.4. The number of hydrogen-bond acceptors (Lipinski definition) is 5. The number of carbonyl (C=O) groups excluding carboxylic acids is 2. The summed E-state index contributed by atoms with van der Waals surface area (Å²) in [5.74, 6) is -0.607. The molecule has 0 aliphatic rings. The van der Waals surface area contributed by atoms with Crippen molar-refractivity contribution in [2.45, 2.75) is 238 Å². The van der Waals surface area contributed by atoms with Gasteiger partial charge in [-0.3, -0.25) is 9.59 Å². The first-order valence-corrected chi connectivity index (χ1v) is 22.5. The van der Waals surface area contributed by atoms with E-state index in [0.29, 0.717) is 12.8 Å². The van der Waals surface area contributed by atoms with Crippen LogP contribution in [0, 0.1) is 0 Å². The zero-order chi connectivity index (χ0) is 37.8. The Labute approximate surface area is 323 Å². The standard InChI is InChI=1S/C47H86O5/c1-3-5-7-9-11-13-15-17-19-21-22-23-24-26-28-30-32-34-36-38-40-42-47(50)52-45(43-48)44-51-46(49)41-39-37-35-33-31-29-27-25-20-18-16-14-12-10-8-6-4-2/h12,14,18,20,27,29,45,48H,3-11,13,15-17,19,21-26,28,30-44H2,1-2H3/b14-12+,20-18+,29-27+/t45-/m0/s1. The summed E-state index contributed by atoms with van der Waals surface area (Å²) in [7, 11) is 0. The van der Waals surface area contributed by atoms with Gasteiger partial charge in [0.15, 0.2) is 6.10 Å². The zero-order valence-corrected chi connectivity index (χ0v) is 34.6. The van der Waals surface area contributed by atoms with Gasteiger partial charge in [0.1, 0.15) is 6.61 Å². The van der Waals surface area contributed by atoms with Crippen molar-refractivity contribution in [3.8, 4) is 0 Å². The van der Waals surface area contributed by atoms with Gasteiger partial charge < -0.3 is 14.6 Å². The monoisotopic (exact) mass is 731 g/mol. The summed E-state index contributed by atoms with van der Waals surface area (Å²) in [6.45, 7) is 4.11. The summed E-state index contributed by atoms with van der Waals surface area (Å²) in [6, 6.07) is 0. The van der Waals surface area contributed by atoms with E-state index >= 15 is 0 Å². The Balaban J connectivity index is 3.53. The van der Waals surface area contributed by atoms with E-state index in [9.17, 15) is 14.7 Å². The SMILES string of the molecule is CCCCC/C=C/C/C=C/C/C=C/CCCCCCC(=O)OC[C@H](CO)OC(=O)CCCCCCCCCCCCCCCCCCCCCCC. The summed E-state index contributed by atoms with van der Waals surface area (Å²) < 4.78 is 10.6. The predicted molar refractivity (Wildman–Crippen MR) is 224 cm³/mol. The molecule has 0 rings (SSSR count). The van der Waals surface area contributed by atoms with Crippen molar-refractivity contribution in [1.29, 1.82) is 0 Å². The third kappa shape index (κ3) is 40.9. The fourth-order valence-electron chi connectivity index (χ4n) is 6.50. The van der Waals surface area contributed by atoms with E-state index in [2.05, 4.69) is 50.3 Å². The van der Waals surface area contributed by atoms with Gasteiger partial charge in [0.2, 0.25) is 0 Å². The first-order chi connectivity index (χ1) is 25.6. The quantitative estimate of drug-likeness (QED) is 0.0385. The number of aliphatic hydroxyl groups excluding tert-OH is 1. The Morgan fingerprint density at radius 2 is 0.769 bits per heavy atom. The maximum Gasteiger partial charge on any atom is 0.306 e. The largest absolute Gasteiger partial charge is 0.462 e. The third-order valence-electron chi connectivity index (χ3n) is 9.94. The number of rotatable bonds is 41. The van der Waals surface area contributed by atoms with Crippen LogP contribution in [0.5, 0.6) is 0 Å². The molecule has 0 aliphatic heterocycles. The number of allylic oxidation sites excluding steroid dienone is 6. The van der Waals surface area contributed by atoms with Gasteiger partial charge in [0.05, 0.1) is 6.61 Å². The summed E-state index contributed by atoms with van der Waals surface area (Å²) >= 11 is 0. The van der Waals surface area contributed by atoms with E-state index < -0.39 is 6.10 Å². The molecule has 52 heavy (non-hydrogen) atoms. The molecule has 0 amide bonds. The van der Waals surface area contributed by atoms with Crippen LogP contribution in [0.1, 0.15) is 232 Å². The lowest BCUT2D eigenvalue weighted by molar-refractivity contribution is -0.161. The lowest BCUT2D eigenvalue weighted by atomic mass is 10.0. The van der Waals surface area contributed by atoms with Gasteiger partial charge in [-0.2, -0.15) is 0 Å². The first kappa shape index (κ1) is 50.1. The molecule has 0 unspecified atom stereocenters. The van der Waals surface area contributed by atoms with Crippen molar-refractivity contribution in [1.82, 2.24) is 0 Å². The molecule has 0 aromatic heterocycles. The molecule has 0 saturated carbocycles. The van der Waals surface area contributed by atoms with Gasteiger partial charge in [-0.25, -0.2) is 0 Å². The molecule has 0 radical (unpaired) electrons. The van der Waals surface area contributed by atoms with Crippen molar-refractivity contribution in [3.05, 3.63) is 36.5 Å². The summed E-state index contributed by atoms with van der Waals surface area (Å²) in [5.41, 5.74) is 0. The second kappa shape index (κ2) is 43.5. The highest BCUT2D eigenvalue weighted by atomic mass is 16.6. The maximum atomic E-state index is 12.2. The Kier molecular flexibility index (Phi) is 42.0. The van der Waals surface area contributed by atoms with Crippen LogP contribution < -0.4 is 0 Å². The molecule has 0 saturated heterocycles. The smallest absolute Gasteiger partial charge is 0.306 e. The van der Waals surface area contributed by atoms with Crippen LogP contribution in [0.25, 0.3) is 0 Å². The summed E-state index contributed by atoms with van der Waals surface area (Å²) in [4.78, 5) is 24.3. The van der Waals surface area contributed by atoms with Gasteiger partial charge in [-0.05, 0) is 51.4 Å². The van der Waals surface area contributed by atoms with Crippen molar-refractivity contribution in [2.24, 2.45) is 0 Å². The molecule has 0 bridgehead atoms. The minimum absolute atomic E-state index is 0.0745. The van der Waals surface area contributed by atoms with Gasteiger partial charge in [-0.15, -0.1) is 0 Å². The van der Waals surface area contributed by atoms with Gasteiger partial charge in [0, 0.05) is 12.8 Å². The number of carbonyl (C=O) groups is 2. The second-order valence-electron chi connectivity index (χ2n) is 15.1. The Bertz CT molecular complexity index is 832. The second-order valence-corrected chi connectivity index (χ2v) is 15.1. The topological polar surface area (TPSA) is 72.8 Å². The fourth-order valence-corrected chi connectivity index (χ4v) is 6.50. The number of unbranched alkanes of at least 4 members (excludes halogenated alkanes) is 27. The Morgan fingerprint density at radius 3 is 1.19 bits per heavy atom. The average Bonchev–Trinajstić information content (AvgIpc) is 3.15. The molecule has 0 aromatic carbocycles. The molecule has 0 aromatic rings. The van der Waals surface area contributed by atoms with E-state index in [1.165, 1.54) is 141 Å². The van der Waals surface area contributed by atoms with Crippen LogP contribution in [0.2, 0.25) is 0 Å². The lowest BCUT2D eigenvalue weighted by Gasteiger charge is -2.15. The van der Waals surface area contributed by atoms with E-state index in [4.69, 9.17) is 9.47 Å². The first-order valence-electron chi connectivity index (χ1n) is 22.5. The van der Waals surface area contributed by atoms with Crippen molar-refractivity contribution >= 4 is 11.9 Å². The fraction of sp³-hybridized carbons (Fsp3) is 0.830. The average molecular weight is 731 g/mol. The van der Waals surface area contributed by atoms with Gasteiger partial charge in [0.25, 0.3) is 0 Å². The van der Waals surface area contributed by atoms with Gasteiger partial charge in [-0.1, -0.05) is 204 Å². The van der Waals surface area contributed by atoms with Crippen LogP contribution in [-0.2, 0) is 19.1 Å². The van der Waals surface area contributed by atoms with Crippen molar-refractivity contribution in [2.75, 3.05) is 13.2 Å². The van der Waals surface area contributed by atoms with Crippen LogP contribution >= 0.6 is 0 Å². The highest BCUT2D eigenvalue weighted by molar-refractivity contribution is 5.70. The number of ether oxygens (including phenoxy) is 2. The van der Waals surface area contributed by atoms with Crippen molar-refractivity contribution < 1.29 is 24.2 Å².